The lowest BCUT2D eigenvalue weighted by Crippen LogP contribution is -2.21. The number of esters is 1. The third kappa shape index (κ3) is 4.31. The van der Waals surface area contributed by atoms with Crippen molar-refractivity contribution >= 4 is 33.5 Å². The van der Waals surface area contributed by atoms with Crippen LogP contribution in [0.5, 0.6) is 0 Å². The van der Waals surface area contributed by atoms with Gasteiger partial charge in [-0.3, -0.25) is 4.79 Å². The molecule has 0 bridgehead atoms. The number of aromatic nitrogens is 4. The quantitative estimate of drug-likeness (QED) is 0.642. The SMILES string of the molecule is Cc1cc(NC(=O)COC(=O)c2ccc(-n3cnnn3)cc2)ccc1Br. The molecule has 0 aliphatic heterocycles. The Morgan fingerprint density at radius 3 is 2.62 bits per heavy atom. The molecule has 1 aromatic heterocycles. The summed E-state index contributed by atoms with van der Waals surface area (Å²) >= 11 is 3.39. The number of carbonyl (C=O) groups excluding carboxylic acids is 2. The molecule has 0 aliphatic carbocycles. The number of ether oxygens (including phenoxy) is 1. The number of aryl methyl sites for hydroxylation is 1. The monoisotopic (exact) mass is 415 g/mol. The van der Waals surface area contributed by atoms with Crippen molar-refractivity contribution in [1.29, 1.82) is 0 Å². The molecule has 0 spiro atoms. The van der Waals surface area contributed by atoms with Gasteiger partial charge in [-0.25, -0.2) is 9.48 Å². The highest BCUT2D eigenvalue weighted by atomic mass is 79.9. The lowest BCUT2D eigenvalue weighted by atomic mass is 10.2. The van der Waals surface area contributed by atoms with E-state index in [4.69, 9.17) is 4.74 Å². The third-order valence-corrected chi connectivity index (χ3v) is 4.38. The lowest BCUT2D eigenvalue weighted by Gasteiger charge is -2.08. The summed E-state index contributed by atoms with van der Waals surface area (Å²) in [5, 5.41) is 13.5. The van der Waals surface area contributed by atoms with E-state index in [1.165, 1.54) is 11.0 Å². The highest BCUT2D eigenvalue weighted by molar-refractivity contribution is 9.10. The number of hydrogen-bond donors (Lipinski definition) is 1. The van der Waals surface area contributed by atoms with Crippen LogP contribution in [0.15, 0.2) is 53.3 Å². The smallest absolute Gasteiger partial charge is 0.338 e. The summed E-state index contributed by atoms with van der Waals surface area (Å²) in [5.74, 6) is -0.999. The molecule has 0 saturated heterocycles. The summed E-state index contributed by atoms with van der Waals surface area (Å²) < 4.78 is 7.45. The Balaban J connectivity index is 1.54. The van der Waals surface area contributed by atoms with Crippen molar-refractivity contribution in [3.63, 3.8) is 0 Å². The summed E-state index contributed by atoms with van der Waals surface area (Å²) in [6, 6.07) is 11.9. The van der Waals surface area contributed by atoms with Crippen LogP contribution in [0, 0.1) is 6.92 Å². The van der Waals surface area contributed by atoms with E-state index in [2.05, 4.69) is 36.8 Å². The van der Waals surface area contributed by atoms with Crippen molar-refractivity contribution in [2.24, 2.45) is 0 Å². The number of rotatable bonds is 5. The zero-order valence-electron chi connectivity index (χ0n) is 13.7. The van der Waals surface area contributed by atoms with Gasteiger partial charge < -0.3 is 10.1 Å². The summed E-state index contributed by atoms with van der Waals surface area (Å²) in [4.78, 5) is 24.0. The summed E-state index contributed by atoms with van der Waals surface area (Å²) in [7, 11) is 0. The van der Waals surface area contributed by atoms with E-state index in [-0.39, 0.29) is 6.61 Å². The van der Waals surface area contributed by atoms with E-state index in [1.54, 1.807) is 30.3 Å². The van der Waals surface area contributed by atoms with Gasteiger partial charge in [-0.05, 0) is 65.4 Å². The van der Waals surface area contributed by atoms with Gasteiger partial charge in [0.2, 0.25) is 0 Å². The van der Waals surface area contributed by atoms with Crippen LogP contribution in [0.3, 0.4) is 0 Å². The van der Waals surface area contributed by atoms with Crippen molar-refractivity contribution in [3.8, 4) is 5.69 Å². The third-order valence-electron chi connectivity index (χ3n) is 3.49. The fourth-order valence-corrected chi connectivity index (χ4v) is 2.41. The van der Waals surface area contributed by atoms with Gasteiger partial charge in [-0.15, -0.1) is 5.10 Å². The molecule has 1 amide bonds. The molecule has 0 fully saturated rings. The average molecular weight is 416 g/mol. The van der Waals surface area contributed by atoms with Crippen LogP contribution in [0.25, 0.3) is 5.69 Å². The van der Waals surface area contributed by atoms with Crippen LogP contribution < -0.4 is 5.32 Å². The first-order chi connectivity index (χ1) is 12.5. The number of tetrazole rings is 1. The fraction of sp³-hybridized carbons (Fsp3) is 0.118. The fourth-order valence-electron chi connectivity index (χ4n) is 2.16. The lowest BCUT2D eigenvalue weighted by molar-refractivity contribution is -0.119. The second kappa shape index (κ2) is 7.87. The van der Waals surface area contributed by atoms with Crippen molar-refractivity contribution in [2.75, 3.05) is 11.9 Å². The molecular weight excluding hydrogens is 402 g/mol. The Hall–Kier alpha value is -3.07. The van der Waals surface area contributed by atoms with Crippen LogP contribution >= 0.6 is 15.9 Å². The van der Waals surface area contributed by atoms with Gasteiger partial charge in [0.15, 0.2) is 6.61 Å². The Morgan fingerprint density at radius 2 is 1.96 bits per heavy atom. The molecule has 9 heteroatoms. The van der Waals surface area contributed by atoms with Crippen molar-refractivity contribution in [2.45, 2.75) is 6.92 Å². The number of halogens is 1. The van der Waals surface area contributed by atoms with Gasteiger partial charge in [0, 0.05) is 10.2 Å². The molecule has 1 heterocycles. The molecule has 0 atom stereocenters. The minimum absolute atomic E-state index is 0.328. The minimum atomic E-state index is -0.588. The second-order valence-electron chi connectivity index (χ2n) is 5.39. The van der Waals surface area contributed by atoms with E-state index in [1.807, 2.05) is 19.1 Å². The number of carbonyl (C=O) groups is 2. The first-order valence-corrected chi connectivity index (χ1v) is 8.39. The van der Waals surface area contributed by atoms with E-state index in [9.17, 15) is 9.59 Å². The number of nitrogens with one attached hydrogen (secondary N) is 1. The van der Waals surface area contributed by atoms with Gasteiger partial charge >= 0.3 is 5.97 Å². The summed E-state index contributed by atoms with van der Waals surface area (Å²) in [6.07, 6.45) is 1.45. The molecule has 2 aromatic carbocycles. The predicted molar refractivity (Wildman–Crippen MR) is 96.9 cm³/mol. The molecule has 0 unspecified atom stereocenters. The molecular formula is C17H14BrN5O3. The van der Waals surface area contributed by atoms with Gasteiger partial charge in [0.1, 0.15) is 6.33 Å². The summed E-state index contributed by atoms with van der Waals surface area (Å²) in [6.45, 7) is 1.54. The maximum atomic E-state index is 12.0. The number of nitrogens with zero attached hydrogens (tertiary/aromatic N) is 4. The number of amides is 1. The van der Waals surface area contributed by atoms with Crippen molar-refractivity contribution < 1.29 is 14.3 Å². The zero-order chi connectivity index (χ0) is 18.5. The molecule has 3 aromatic rings. The Kier molecular flexibility index (Phi) is 5.37. The zero-order valence-corrected chi connectivity index (χ0v) is 15.3. The first-order valence-electron chi connectivity index (χ1n) is 7.59. The molecule has 0 radical (unpaired) electrons. The number of benzene rings is 2. The predicted octanol–water partition coefficient (Wildman–Crippen LogP) is 2.53. The largest absolute Gasteiger partial charge is 0.452 e. The van der Waals surface area contributed by atoms with Crippen molar-refractivity contribution in [1.82, 2.24) is 20.2 Å². The molecule has 8 nitrogen and oxygen atoms in total. The number of hydrogen-bond acceptors (Lipinski definition) is 6. The maximum Gasteiger partial charge on any atom is 0.338 e. The van der Waals surface area contributed by atoms with Crippen LogP contribution in [-0.2, 0) is 9.53 Å². The first kappa shape index (κ1) is 17.7. The van der Waals surface area contributed by atoms with Gasteiger partial charge in [-0.1, -0.05) is 15.9 Å². The average Bonchev–Trinajstić information content (AvgIpc) is 3.18. The summed E-state index contributed by atoms with van der Waals surface area (Å²) in [5.41, 5.74) is 2.66. The highest BCUT2D eigenvalue weighted by Crippen LogP contribution is 2.20. The van der Waals surface area contributed by atoms with E-state index >= 15 is 0 Å². The molecule has 3 rings (SSSR count). The second-order valence-corrected chi connectivity index (χ2v) is 6.24. The highest BCUT2D eigenvalue weighted by Gasteiger charge is 2.11. The molecule has 1 N–H and O–H groups in total. The normalized spacial score (nSPS) is 10.4. The van der Waals surface area contributed by atoms with Crippen LogP contribution in [-0.4, -0.2) is 38.7 Å². The van der Waals surface area contributed by atoms with Gasteiger partial charge in [-0.2, -0.15) is 0 Å². The van der Waals surface area contributed by atoms with Gasteiger partial charge in [0.25, 0.3) is 5.91 Å². The Labute approximate surface area is 157 Å². The van der Waals surface area contributed by atoms with Crippen LogP contribution in [0.4, 0.5) is 5.69 Å². The van der Waals surface area contributed by atoms with Crippen LogP contribution in [0.1, 0.15) is 15.9 Å². The Morgan fingerprint density at radius 1 is 1.19 bits per heavy atom. The molecule has 0 saturated carbocycles. The number of anilines is 1. The molecule has 26 heavy (non-hydrogen) atoms. The van der Waals surface area contributed by atoms with Crippen molar-refractivity contribution in [3.05, 3.63) is 64.4 Å². The van der Waals surface area contributed by atoms with Crippen LogP contribution in [0.2, 0.25) is 0 Å². The van der Waals surface area contributed by atoms with E-state index in [0.717, 1.165) is 10.0 Å². The van der Waals surface area contributed by atoms with E-state index < -0.39 is 11.9 Å². The maximum absolute atomic E-state index is 12.0. The minimum Gasteiger partial charge on any atom is -0.452 e. The topological polar surface area (TPSA) is 99.0 Å². The van der Waals surface area contributed by atoms with Gasteiger partial charge in [0.05, 0.1) is 11.3 Å². The standard InChI is InChI=1S/C17H14BrN5O3/c1-11-8-13(4-7-15(11)18)20-16(24)9-26-17(25)12-2-5-14(6-3-12)23-10-19-21-22-23/h2-8,10H,9H2,1H3,(H,20,24). The Bertz CT molecular complexity index is 926. The molecule has 132 valence electrons. The van der Waals surface area contributed by atoms with E-state index in [0.29, 0.717) is 16.9 Å². The molecule has 0 aliphatic rings.